The van der Waals surface area contributed by atoms with Crippen LogP contribution in [-0.4, -0.2) is 51.0 Å². The fourth-order valence-corrected chi connectivity index (χ4v) is 1.78. The number of carbonyl (C=O) groups is 3. The Hall–Kier alpha value is -1.67. The molecule has 102 valence electrons. The van der Waals surface area contributed by atoms with Gasteiger partial charge in [0.15, 0.2) is 0 Å². The van der Waals surface area contributed by atoms with Crippen molar-refractivity contribution in [3.8, 4) is 0 Å². The second-order valence-corrected chi connectivity index (χ2v) is 4.71. The molecular formula is C10H8BrClN2O5. The lowest BCUT2D eigenvalue weighted by Gasteiger charge is -2.18. The van der Waals surface area contributed by atoms with Gasteiger partial charge in [0, 0.05) is 10.7 Å². The van der Waals surface area contributed by atoms with Gasteiger partial charge >= 0.3 is 11.9 Å². The summed E-state index contributed by atoms with van der Waals surface area (Å²) in [7, 11) is 0. The lowest BCUT2D eigenvalue weighted by atomic mass is 10.2. The summed E-state index contributed by atoms with van der Waals surface area (Å²) in [5, 5.41) is 17.2. The second kappa shape index (κ2) is 6.48. The summed E-state index contributed by atoms with van der Waals surface area (Å²) in [5.41, 5.74) is -0.0708. The Balaban J connectivity index is 3.07. The van der Waals surface area contributed by atoms with Gasteiger partial charge in [-0.05, 0) is 22.0 Å². The Kier molecular flexibility index (Phi) is 5.25. The normalized spacial score (nSPS) is 10.0. The predicted molar refractivity (Wildman–Crippen MR) is 68.1 cm³/mol. The van der Waals surface area contributed by atoms with E-state index in [0.717, 1.165) is 0 Å². The number of rotatable bonds is 5. The zero-order valence-corrected chi connectivity index (χ0v) is 11.7. The third-order valence-electron chi connectivity index (χ3n) is 1.98. The maximum atomic E-state index is 12.0. The molecule has 9 heteroatoms. The van der Waals surface area contributed by atoms with Gasteiger partial charge in [-0.25, -0.2) is 4.98 Å². The SMILES string of the molecule is O=C(O)CN(CC(=O)O)C(=O)c1cc(Br)cnc1Cl. The molecule has 0 saturated carbocycles. The molecule has 0 fully saturated rings. The summed E-state index contributed by atoms with van der Waals surface area (Å²) in [5.74, 6) is -3.47. The molecule has 0 atom stereocenters. The highest BCUT2D eigenvalue weighted by Crippen LogP contribution is 2.19. The first-order valence-electron chi connectivity index (χ1n) is 4.85. The summed E-state index contributed by atoms with van der Waals surface area (Å²) in [6.45, 7) is -1.48. The molecule has 2 N–H and O–H groups in total. The summed E-state index contributed by atoms with van der Waals surface area (Å²) in [6.07, 6.45) is 1.36. The van der Waals surface area contributed by atoms with E-state index in [9.17, 15) is 14.4 Å². The number of hydrogen-bond acceptors (Lipinski definition) is 4. The summed E-state index contributed by atoms with van der Waals surface area (Å²) >= 11 is 8.82. The minimum Gasteiger partial charge on any atom is -0.480 e. The highest BCUT2D eigenvalue weighted by Gasteiger charge is 2.23. The van der Waals surface area contributed by atoms with Crippen LogP contribution in [0, 0.1) is 0 Å². The van der Waals surface area contributed by atoms with Gasteiger partial charge in [-0.3, -0.25) is 14.4 Å². The lowest BCUT2D eigenvalue weighted by molar-refractivity contribution is -0.140. The van der Waals surface area contributed by atoms with Crippen molar-refractivity contribution in [2.75, 3.05) is 13.1 Å². The molecule has 0 aromatic carbocycles. The molecule has 1 amide bonds. The second-order valence-electron chi connectivity index (χ2n) is 3.44. The van der Waals surface area contributed by atoms with Crippen LogP contribution in [0.1, 0.15) is 10.4 Å². The van der Waals surface area contributed by atoms with E-state index >= 15 is 0 Å². The number of pyridine rings is 1. The van der Waals surface area contributed by atoms with Crippen molar-refractivity contribution in [3.05, 3.63) is 27.5 Å². The van der Waals surface area contributed by atoms with Crippen LogP contribution in [0.3, 0.4) is 0 Å². The van der Waals surface area contributed by atoms with E-state index in [2.05, 4.69) is 20.9 Å². The minimum absolute atomic E-state index is 0.0708. The van der Waals surface area contributed by atoms with Crippen molar-refractivity contribution in [2.24, 2.45) is 0 Å². The average molecular weight is 352 g/mol. The van der Waals surface area contributed by atoms with Gasteiger partial charge in [0.2, 0.25) is 0 Å². The molecule has 0 saturated heterocycles. The third kappa shape index (κ3) is 4.49. The van der Waals surface area contributed by atoms with Gasteiger partial charge in [0.05, 0.1) is 5.56 Å². The van der Waals surface area contributed by atoms with Crippen LogP contribution in [0.25, 0.3) is 0 Å². The lowest BCUT2D eigenvalue weighted by Crippen LogP contribution is -2.39. The van der Waals surface area contributed by atoms with Crippen molar-refractivity contribution < 1.29 is 24.6 Å². The molecule has 0 unspecified atom stereocenters. The van der Waals surface area contributed by atoms with Crippen LogP contribution in [0.15, 0.2) is 16.7 Å². The van der Waals surface area contributed by atoms with Gasteiger partial charge in [0.1, 0.15) is 18.2 Å². The third-order valence-corrected chi connectivity index (χ3v) is 2.71. The van der Waals surface area contributed by atoms with E-state index in [1.165, 1.54) is 12.3 Å². The van der Waals surface area contributed by atoms with Crippen LogP contribution in [0.2, 0.25) is 5.15 Å². The number of carboxylic acid groups (broad SMARTS) is 2. The Morgan fingerprint density at radius 2 is 1.79 bits per heavy atom. The fourth-order valence-electron chi connectivity index (χ4n) is 1.27. The van der Waals surface area contributed by atoms with Crippen molar-refractivity contribution in [1.82, 2.24) is 9.88 Å². The van der Waals surface area contributed by atoms with Gasteiger partial charge < -0.3 is 15.1 Å². The molecule has 0 aliphatic carbocycles. The molecular weight excluding hydrogens is 343 g/mol. The van der Waals surface area contributed by atoms with Crippen LogP contribution in [0.5, 0.6) is 0 Å². The molecule has 1 aromatic rings. The molecule has 0 radical (unpaired) electrons. The maximum absolute atomic E-state index is 12.0. The quantitative estimate of drug-likeness (QED) is 0.769. The highest BCUT2D eigenvalue weighted by molar-refractivity contribution is 9.10. The zero-order valence-electron chi connectivity index (χ0n) is 9.34. The average Bonchev–Trinajstić information content (AvgIpc) is 2.29. The molecule has 7 nitrogen and oxygen atoms in total. The molecule has 1 heterocycles. The van der Waals surface area contributed by atoms with E-state index in [0.29, 0.717) is 9.37 Å². The molecule has 0 spiro atoms. The van der Waals surface area contributed by atoms with Gasteiger partial charge in [-0.1, -0.05) is 11.6 Å². The zero-order chi connectivity index (χ0) is 14.6. The van der Waals surface area contributed by atoms with E-state index < -0.39 is 30.9 Å². The van der Waals surface area contributed by atoms with E-state index in [4.69, 9.17) is 21.8 Å². The number of amides is 1. The number of carboxylic acids is 2. The number of carbonyl (C=O) groups excluding carboxylic acids is 1. The van der Waals surface area contributed by atoms with E-state index in [1.807, 2.05) is 0 Å². The number of nitrogens with zero attached hydrogens (tertiary/aromatic N) is 2. The maximum Gasteiger partial charge on any atom is 0.323 e. The largest absolute Gasteiger partial charge is 0.480 e. The Labute approximate surface area is 120 Å². The molecule has 1 rings (SSSR count). The number of aliphatic carboxylic acids is 2. The van der Waals surface area contributed by atoms with Crippen LogP contribution in [-0.2, 0) is 9.59 Å². The molecule has 19 heavy (non-hydrogen) atoms. The summed E-state index contributed by atoms with van der Waals surface area (Å²) < 4.78 is 0.464. The van der Waals surface area contributed by atoms with E-state index in [-0.39, 0.29) is 10.7 Å². The van der Waals surface area contributed by atoms with Crippen molar-refractivity contribution >= 4 is 45.4 Å². The van der Waals surface area contributed by atoms with E-state index in [1.54, 1.807) is 0 Å². The molecule has 1 aromatic heterocycles. The highest BCUT2D eigenvalue weighted by atomic mass is 79.9. The minimum atomic E-state index is -1.33. The molecule has 0 aliphatic heterocycles. The first-order chi connectivity index (χ1) is 8.81. The van der Waals surface area contributed by atoms with Crippen LogP contribution >= 0.6 is 27.5 Å². The van der Waals surface area contributed by atoms with Crippen molar-refractivity contribution in [2.45, 2.75) is 0 Å². The van der Waals surface area contributed by atoms with Crippen molar-refractivity contribution in [1.29, 1.82) is 0 Å². The summed E-state index contributed by atoms with van der Waals surface area (Å²) in [6, 6.07) is 1.34. The van der Waals surface area contributed by atoms with Crippen LogP contribution < -0.4 is 0 Å². The Bertz CT molecular complexity index is 521. The predicted octanol–water partition coefficient (Wildman–Crippen LogP) is 1.11. The van der Waals surface area contributed by atoms with Gasteiger partial charge in [-0.15, -0.1) is 0 Å². The Morgan fingerprint density at radius 3 is 2.26 bits per heavy atom. The smallest absolute Gasteiger partial charge is 0.323 e. The van der Waals surface area contributed by atoms with Gasteiger partial charge in [-0.2, -0.15) is 0 Å². The topological polar surface area (TPSA) is 108 Å². The number of halogens is 2. The monoisotopic (exact) mass is 350 g/mol. The Morgan fingerprint density at radius 1 is 1.26 bits per heavy atom. The molecule has 0 bridgehead atoms. The standard InChI is InChI=1S/C10H8BrClN2O5/c11-5-1-6(9(12)13-2-5)10(19)14(3-7(15)16)4-8(17)18/h1-2H,3-4H2,(H,15,16)(H,17,18). The fraction of sp³-hybridized carbons (Fsp3) is 0.200. The number of aromatic nitrogens is 1. The van der Waals surface area contributed by atoms with Gasteiger partial charge in [0.25, 0.3) is 5.91 Å². The molecule has 0 aliphatic rings. The van der Waals surface area contributed by atoms with Crippen LogP contribution in [0.4, 0.5) is 0 Å². The summed E-state index contributed by atoms with van der Waals surface area (Å²) in [4.78, 5) is 37.7. The number of hydrogen-bond donors (Lipinski definition) is 2. The first-order valence-corrected chi connectivity index (χ1v) is 6.02. The first kappa shape index (κ1) is 15.4. The van der Waals surface area contributed by atoms with Crippen molar-refractivity contribution in [3.63, 3.8) is 0 Å².